The molecule has 0 aromatic rings. The van der Waals surface area contributed by atoms with E-state index < -0.39 is 28.2 Å². The van der Waals surface area contributed by atoms with Crippen LogP contribution in [-0.4, -0.2) is 60.6 Å². The van der Waals surface area contributed by atoms with Crippen LogP contribution in [0.1, 0.15) is 6.92 Å². The van der Waals surface area contributed by atoms with E-state index in [9.17, 15) is 17.6 Å². The van der Waals surface area contributed by atoms with Crippen molar-refractivity contribution in [2.24, 2.45) is 0 Å². The van der Waals surface area contributed by atoms with E-state index in [0.717, 1.165) is 0 Å². The Kier molecular flexibility index (Phi) is 7.67. The average Bonchev–Trinajstić information content (AvgIpc) is 1.81. The number of esters is 1. The molecule has 1 N–H and O–H groups in total. The van der Waals surface area contributed by atoms with Gasteiger partial charge in [0.15, 0.2) is 0 Å². The van der Waals surface area contributed by atoms with E-state index in [-0.39, 0.29) is 35.1 Å². The molecule has 1 unspecified atom stereocenters. The van der Waals surface area contributed by atoms with Gasteiger partial charge in [-0.05, 0) is 6.92 Å². The van der Waals surface area contributed by atoms with Crippen molar-refractivity contribution in [2.75, 3.05) is 5.75 Å². The Hall–Kier alpha value is 0.0500. The first-order chi connectivity index (χ1) is 5.72. The van der Waals surface area contributed by atoms with Gasteiger partial charge in [-0.3, -0.25) is 4.55 Å². The van der Waals surface area contributed by atoms with Crippen LogP contribution in [0.25, 0.3) is 0 Å². The molecule has 0 spiro atoms. The maximum absolute atomic E-state index is 12.5. The molecule has 0 amide bonds. The third-order valence-electron chi connectivity index (χ3n) is 0.925. The maximum atomic E-state index is 12.5. The zero-order valence-electron chi connectivity index (χ0n) is 6.86. The number of hydrogen-bond acceptors (Lipinski definition) is 4. The summed E-state index contributed by atoms with van der Waals surface area (Å²) >= 11 is 0. The van der Waals surface area contributed by atoms with Gasteiger partial charge in [0, 0.05) is 5.57 Å². The molecule has 78 valence electrons. The molecule has 5 nitrogen and oxygen atoms in total. The number of alkyl halides is 1. The molecule has 14 heavy (non-hydrogen) atoms. The van der Waals surface area contributed by atoms with Crippen LogP contribution < -0.4 is 0 Å². The molecule has 0 bridgehead atoms. The van der Waals surface area contributed by atoms with E-state index >= 15 is 0 Å². The number of carbonyl (C=O) groups excluding carboxylic acids is 1. The third kappa shape index (κ3) is 8.64. The number of halogens is 1. The third-order valence-corrected chi connectivity index (χ3v) is 1.61. The molecule has 0 fully saturated rings. The second-order valence-electron chi connectivity index (χ2n) is 2.34. The van der Waals surface area contributed by atoms with E-state index in [1.165, 1.54) is 6.92 Å². The second-order valence-corrected chi connectivity index (χ2v) is 3.84. The Labute approximate surface area is 103 Å². The first-order valence-corrected chi connectivity index (χ1v) is 4.79. The number of rotatable bonds is 4. The molecule has 0 aromatic heterocycles. The molecular weight excluding hydrogens is 226 g/mol. The SMILES string of the molecule is C=C(C)C(=O)OC(F)CS(=O)(=O)O.[NaH]. The quantitative estimate of drug-likeness (QED) is 0.312. The van der Waals surface area contributed by atoms with Crippen molar-refractivity contribution < 1.29 is 26.9 Å². The fourth-order valence-corrected chi connectivity index (χ4v) is 0.816. The van der Waals surface area contributed by atoms with E-state index in [2.05, 4.69) is 11.3 Å². The Morgan fingerprint density at radius 3 is 2.36 bits per heavy atom. The van der Waals surface area contributed by atoms with Crippen LogP contribution >= 0.6 is 0 Å². The van der Waals surface area contributed by atoms with Crippen LogP contribution in [-0.2, 0) is 19.6 Å². The molecule has 0 aliphatic heterocycles. The van der Waals surface area contributed by atoms with Gasteiger partial charge in [-0.25, -0.2) is 9.18 Å². The summed E-state index contributed by atoms with van der Waals surface area (Å²) in [7, 11) is -4.48. The molecule has 1 atom stereocenters. The zero-order valence-corrected chi connectivity index (χ0v) is 7.67. The average molecular weight is 236 g/mol. The molecule has 0 radical (unpaired) electrons. The van der Waals surface area contributed by atoms with Gasteiger partial charge in [-0.1, -0.05) is 6.58 Å². The Balaban J connectivity index is 0. The Morgan fingerprint density at radius 2 is 2.07 bits per heavy atom. The standard InChI is InChI=1S/C6H9FO5S.Na.H/c1-4(2)6(8)12-5(7)3-13(9,10)11;;/h5H,1,3H2,2H3,(H,9,10,11);;. The van der Waals surface area contributed by atoms with Gasteiger partial charge in [0.25, 0.3) is 16.5 Å². The van der Waals surface area contributed by atoms with E-state index in [0.29, 0.717) is 0 Å². The van der Waals surface area contributed by atoms with E-state index in [1.807, 2.05) is 0 Å². The van der Waals surface area contributed by atoms with Gasteiger partial charge in [-0.2, -0.15) is 8.42 Å². The van der Waals surface area contributed by atoms with Gasteiger partial charge in [-0.15, -0.1) is 0 Å². The molecule has 0 rings (SSSR count). The van der Waals surface area contributed by atoms with Crippen molar-refractivity contribution in [1.29, 1.82) is 0 Å². The van der Waals surface area contributed by atoms with Crippen LogP contribution in [0.2, 0.25) is 0 Å². The molecule has 8 heteroatoms. The van der Waals surface area contributed by atoms with Crippen molar-refractivity contribution in [1.82, 2.24) is 0 Å². The zero-order chi connectivity index (χ0) is 10.6. The van der Waals surface area contributed by atoms with Crippen molar-refractivity contribution in [3.8, 4) is 0 Å². The molecule has 0 saturated heterocycles. The monoisotopic (exact) mass is 236 g/mol. The predicted octanol–water partition coefficient (Wildman–Crippen LogP) is -0.359. The van der Waals surface area contributed by atoms with Crippen molar-refractivity contribution in [3.05, 3.63) is 12.2 Å². The fraction of sp³-hybridized carbons (Fsp3) is 0.500. The summed E-state index contributed by atoms with van der Waals surface area (Å²) < 4.78 is 44.8. The topological polar surface area (TPSA) is 80.7 Å². The molecular formula is C6H10FNaO5S. The Bertz CT molecular complexity index is 312. The van der Waals surface area contributed by atoms with E-state index in [4.69, 9.17) is 4.55 Å². The van der Waals surface area contributed by atoms with Gasteiger partial charge < -0.3 is 4.74 Å². The van der Waals surface area contributed by atoms with Gasteiger partial charge in [0.05, 0.1) is 0 Å². The van der Waals surface area contributed by atoms with Crippen LogP contribution in [0, 0.1) is 0 Å². The summed E-state index contributed by atoms with van der Waals surface area (Å²) in [6.45, 7) is 4.43. The molecule has 0 aliphatic carbocycles. The number of ether oxygens (including phenoxy) is 1. The van der Waals surface area contributed by atoms with Gasteiger partial charge in [0.2, 0.25) is 0 Å². The minimum atomic E-state index is -4.48. The van der Waals surface area contributed by atoms with Crippen molar-refractivity contribution >= 4 is 45.6 Å². The number of hydrogen-bond donors (Lipinski definition) is 1. The summed E-state index contributed by atoms with van der Waals surface area (Å²) in [6, 6.07) is 0. The summed E-state index contributed by atoms with van der Waals surface area (Å²) in [5.74, 6) is -2.32. The minimum absolute atomic E-state index is 0. The fourth-order valence-electron chi connectivity index (χ4n) is 0.416. The summed E-state index contributed by atoms with van der Waals surface area (Å²) in [4.78, 5) is 10.6. The van der Waals surface area contributed by atoms with Crippen LogP contribution in [0.15, 0.2) is 12.2 Å². The van der Waals surface area contributed by atoms with Gasteiger partial charge >= 0.3 is 35.5 Å². The van der Waals surface area contributed by atoms with E-state index in [1.54, 1.807) is 0 Å². The summed E-state index contributed by atoms with van der Waals surface area (Å²) in [5, 5.41) is 0. The van der Waals surface area contributed by atoms with Gasteiger partial charge in [0.1, 0.15) is 5.75 Å². The molecule has 0 aromatic carbocycles. The number of carbonyl (C=O) groups is 1. The van der Waals surface area contributed by atoms with Crippen molar-refractivity contribution in [2.45, 2.75) is 13.3 Å². The first-order valence-electron chi connectivity index (χ1n) is 3.18. The second kappa shape index (κ2) is 6.52. The molecule has 0 aliphatic rings. The summed E-state index contributed by atoms with van der Waals surface area (Å²) in [6.07, 6.45) is -2.38. The van der Waals surface area contributed by atoms with Crippen LogP contribution in [0.5, 0.6) is 0 Å². The first kappa shape index (κ1) is 16.5. The summed E-state index contributed by atoms with van der Waals surface area (Å²) in [5.41, 5.74) is -0.0574. The van der Waals surface area contributed by atoms with Crippen LogP contribution in [0.4, 0.5) is 4.39 Å². The normalized spacial score (nSPS) is 12.5. The molecule has 0 saturated carbocycles. The predicted molar refractivity (Wildman–Crippen MR) is 49.4 cm³/mol. The molecule has 0 heterocycles. The van der Waals surface area contributed by atoms with Crippen LogP contribution in [0.3, 0.4) is 0 Å². The van der Waals surface area contributed by atoms with Crippen molar-refractivity contribution in [3.63, 3.8) is 0 Å². The Morgan fingerprint density at radius 1 is 1.64 bits per heavy atom.